The van der Waals surface area contributed by atoms with E-state index in [9.17, 15) is 4.79 Å². The highest BCUT2D eigenvalue weighted by Crippen LogP contribution is 2.24. The minimum atomic E-state index is -0.357. The van der Waals surface area contributed by atoms with Crippen LogP contribution in [0.2, 0.25) is 0 Å². The molecule has 0 saturated carbocycles. The summed E-state index contributed by atoms with van der Waals surface area (Å²) in [5.74, 6) is 0. The lowest BCUT2D eigenvalue weighted by Gasteiger charge is -2.08. The van der Waals surface area contributed by atoms with Crippen molar-refractivity contribution in [2.24, 2.45) is 7.05 Å². The molecule has 0 N–H and O–H groups in total. The van der Waals surface area contributed by atoms with Crippen LogP contribution >= 0.6 is 0 Å². The van der Waals surface area contributed by atoms with Crippen LogP contribution in [0.3, 0.4) is 0 Å². The SMILES string of the molecule is Cc1ccc(C)c(-c2nc(=O)n(C)cc2C#N)c1. The van der Waals surface area contributed by atoms with Gasteiger partial charge in [-0.1, -0.05) is 17.7 Å². The zero-order chi connectivity index (χ0) is 13.3. The minimum absolute atomic E-state index is 0.357. The fourth-order valence-electron chi connectivity index (χ4n) is 1.82. The van der Waals surface area contributed by atoms with E-state index in [2.05, 4.69) is 11.1 Å². The normalized spacial score (nSPS) is 10.1. The highest BCUT2D eigenvalue weighted by Gasteiger charge is 2.11. The zero-order valence-corrected chi connectivity index (χ0v) is 10.6. The Labute approximate surface area is 105 Å². The number of nitrogens with zero attached hydrogens (tertiary/aromatic N) is 3. The average Bonchev–Trinajstić information content (AvgIpc) is 2.35. The maximum atomic E-state index is 11.6. The van der Waals surface area contributed by atoms with E-state index < -0.39 is 0 Å². The zero-order valence-electron chi connectivity index (χ0n) is 10.6. The van der Waals surface area contributed by atoms with Gasteiger partial charge in [0.1, 0.15) is 6.07 Å². The molecule has 0 amide bonds. The first kappa shape index (κ1) is 12.1. The molecule has 1 aromatic heterocycles. The summed E-state index contributed by atoms with van der Waals surface area (Å²) >= 11 is 0. The van der Waals surface area contributed by atoms with Crippen molar-refractivity contribution in [3.05, 3.63) is 51.6 Å². The van der Waals surface area contributed by atoms with E-state index in [1.54, 1.807) is 7.05 Å². The first-order valence-corrected chi connectivity index (χ1v) is 5.58. The van der Waals surface area contributed by atoms with E-state index >= 15 is 0 Å². The molecular weight excluding hydrogens is 226 g/mol. The molecule has 0 spiro atoms. The summed E-state index contributed by atoms with van der Waals surface area (Å²) in [6.45, 7) is 3.91. The molecule has 90 valence electrons. The van der Waals surface area contributed by atoms with Gasteiger partial charge in [-0.15, -0.1) is 0 Å². The van der Waals surface area contributed by atoms with Crippen molar-refractivity contribution < 1.29 is 0 Å². The van der Waals surface area contributed by atoms with Crippen LogP contribution in [0.4, 0.5) is 0 Å². The summed E-state index contributed by atoms with van der Waals surface area (Å²) in [5.41, 5.74) is 3.42. The van der Waals surface area contributed by atoms with Gasteiger partial charge in [-0.25, -0.2) is 4.79 Å². The standard InChI is InChI=1S/C14H13N3O/c1-9-4-5-10(2)12(6-9)13-11(7-15)8-17(3)14(18)16-13/h4-6,8H,1-3H3. The number of aryl methyl sites for hydroxylation is 3. The van der Waals surface area contributed by atoms with Crippen molar-refractivity contribution >= 4 is 0 Å². The Hall–Kier alpha value is -2.41. The molecule has 0 aliphatic carbocycles. The summed E-state index contributed by atoms with van der Waals surface area (Å²) in [7, 11) is 1.59. The molecule has 4 heteroatoms. The van der Waals surface area contributed by atoms with Crippen LogP contribution in [0.25, 0.3) is 11.3 Å². The second kappa shape index (κ2) is 4.46. The molecule has 1 aromatic carbocycles. The lowest BCUT2D eigenvalue weighted by Crippen LogP contribution is -2.21. The molecule has 4 nitrogen and oxygen atoms in total. The fourth-order valence-corrected chi connectivity index (χ4v) is 1.82. The van der Waals surface area contributed by atoms with Gasteiger partial charge in [0.05, 0.1) is 11.3 Å². The second-order valence-corrected chi connectivity index (χ2v) is 4.33. The molecule has 0 bridgehead atoms. The lowest BCUT2D eigenvalue weighted by atomic mass is 10.0. The van der Waals surface area contributed by atoms with Crippen molar-refractivity contribution in [3.8, 4) is 17.3 Å². The fraction of sp³-hybridized carbons (Fsp3) is 0.214. The third-order valence-corrected chi connectivity index (χ3v) is 2.86. The molecule has 2 aromatic rings. The van der Waals surface area contributed by atoms with Gasteiger partial charge in [-0.05, 0) is 25.5 Å². The maximum absolute atomic E-state index is 11.6. The highest BCUT2D eigenvalue weighted by molar-refractivity contribution is 5.69. The Morgan fingerprint density at radius 1 is 1.33 bits per heavy atom. The van der Waals surface area contributed by atoms with Gasteiger partial charge in [-0.2, -0.15) is 10.2 Å². The summed E-state index contributed by atoms with van der Waals surface area (Å²) in [5, 5.41) is 9.15. The quantitative estimate of drug-likeness (QED) is 0.764. The molecule has 0 aliphatic rings. The van der Waals surface area contributed by atoms with Crippen LogP contribution in [0.5, 0.6) is 0 Å². The molecule has 0 atom stereocenters. The maximum Gasteiger partial charge on any atom is 0.347 e. The van der Waals surface area contributed by atoms with Gasteiger partial charge in [0.2, 0.25) is 0 Å². The van der Waals surface area contributed by atoms with E-state index in [1.165, 1.54) is 10.8 Å². The molecular formula is C14H13N3O. The van der Waals surface area contributed by atoms with Gasteiger partial charge in [0, 0.05) is 18.8 Å². The van der Waals surface area contributed by atoms with Crippen LogP contribution < -0.4 is 5.69 Å². The van der Waals surface area contributed by atoms with Gasteiger partial charge >= 0.3 is 5.69 Å². The molecule has 0 radical (unpaired) electrons. The van der Waals surface area contributed by atoms with E-state index in [-0.39, 0.29) is 5.69 Å². The van der Waals surface area contributed by atoms with Crippen LogP contribution in [0.15, 0.2) is 29.2 Å². The largest absolute Gasteiger partial charge is 0.347 e. The van der Waals surface area contributed by atoms with Crippen molar-refractivity contribution in [2.75, 3.05) is 0 Å². The Balaban J connectivity index is 2.79. The van der Waals surface area contributed by atoms with Crippen LogP contribution in [0.1, 0.15) is 16.7 Å². The Kier molecular flexibility index (Phi) is 2.99. The number of rotatable bonds is 1. The summed E-state index contributed by atoms with van der Waals surface area (Å²) in [6, 6.07) is 7.98. The molecule has 1 heterocycles. The monoisotopic (exact) mass is 239 g/mol. The number of benzene rings is 1. The highest BCUT2D eigenvalue weighted by atomic mass is 16.1. The Bertz CT molecular complexity index is 708. The molecule has 2 rings (SSSR count). The molecule has 0 aliphatic heterocycles. The third-order valence-electron chi connectivity index (χ3n) is 2.86. The number of hydrogen-bond donors (Lipinski definition) is 0. The van der Waals surface area contributed by atoms with Gasteiger partial charge in [0.25, 0.3) is 0 Å². The predicted octanol–water partition coefficient (Wildman–Crippen LogP) is 1.94. The number of hydrogen-bond acceptors (Lipinski definition) is 3. The molecule has 0 unspecified atom stereocenters. The molecule has 18 heavy (non-hydrogen) atoms. The average molecular weight is 239 g/mol. The van der Waals surface area contributed by atoms with Crippen molar-refractivity contribution in [1.82, 2.24) is 9.55 Å². The Morgan fingerprint density at radius 3 is 2.72 bits per heavy atom. The van der Waals surface area contributed by atoms with Crippen molar-refractivity contribution in [2.45, 2.75) is 13.8 Å². The second-order valence-electron chi connectivity index (χ2n) is 4.33. The summed E-state index contributed by atoms with van der Waals surface area (Å²) in [4.78, 5) is 15.6. The van der Waals surface area contributed by atoms with E-state index in [4.69, 9.17) is 5.26 Å². The smallest absolute Gasteiger partial charge is 0.301 e. The predicted molar refractivity (Wildman–Crippen MR) is 69.1 cm³/mol. The first-order valence-electron chi connectivity index (χ1n) is 5.58. The number of nitriles is 1. The van der Waals surface area contributed by atoms with Gasteiger partial charge < -0.3 is 4.57 Å². The van der Waals surface area contributed by atoms with Crippen molar-refractivity contribution in [3.63, 3.8) is 0 Å². The summed E-state index contributed by atoms with van der Waals surface area (Å²) in [6.07, 6.45) is 1.52. The van der Waals surface area contributed by atoms with E-state index in [0.717, 1.165) is 16.7 Å². The minimum Gasteiger partial charge on any atom is -0.301 e. The van der Waals surface area contributed by atoms with Crippen LogP contribution in [0, 0.1) is 25.2 Å². The number of aromatic nitrogens is 2. The topological polar surface area (TPSA) is 58.7 Å². The Morgan fingerprint density at radius 2 is 2.06 bits per heavy atom. The molecule has 0 saturated heterocycles. The van der Waals surface area contributed by atoms with Gasteiger partial charge in [0.15, 0.2) is 0 Å². The van der Waals surface area contributed by atoms with Crippen molar-refractivity contribution in [1.29, 1.82) is 5.26 Å². The van der Waals surface area contributed by atoms with Gasteiger partial charge in [-0.3, -0.25) is 0 Å². The van der Waals surface area contributed by atoms with Crippen LogP contribution in [-0.4, -0.2) is 9.55 Å². The first-order chi connectivity index (χ1) is 8.52. The van der Waals surface area contributed by atoms with Crippen LogP contribution in [-0.2, 0) is 7.05 Å². The third kappa shape index (κ3) is 2.03. The van der Waals surface area contributed by atoms with E-state index in [1.807, 2.05) is 32.0 Å². The lowest BCUT2D eigenvalue weighted by molar-refractivity contribution is 0.809. The molecule has 0 fully saturated rings. The van der Waals surface area contributed by atoms with E-state index in [0.29, 0.717) is 11.3 Å². The summed E-state index contributed by atoms with van der Waals surface area (Å²) < 4.78 is 1.31.